The van der Waals surface area contributed by atoms with Crippen LogP contribution in [0.5, 0.6) is 0 Å². The molecular weight excluding hydrogens is 258 g/mol. The second-order valence-corrected chi connectivity index (χ2v) is 7.63. The first-order valence-corrected chi connectivity index (χ1v) is 9.50. The van der Waals surface area contributed by atoms with Crippen LogP contribution < -0.4 is 5.32 Å². The van der Waals surface area contributed by atoms with Crippen molar-refractivity contribution >= 4 is 0 Å². The Bertz CT molecular complexity index is 281. The number of nitrogens with one attached hydrogen (secondary N) is 1. The molecule has 2 nitrogen and oxygen atoms in total. The fourth-order valence-corrected chi connectivity index (χ4v) is 4.94. The average molecular weight is 296 g/mol. The maximum absolute atomic E-state index is 5.17. The summed E-state index contributed by atoms with van der Waals surface area (Å²) < 4.78 is 5.17. The number of hydrogen-bond donors (Lipinski definition) is 1. The van der Waals surface area contributed by atoms with Crippen molar-refractivity contribution in [2.24, 2.45) is 17.3 Å². The van der Waals surface area contributed by atoms with E-state index in [4.69, 9.17) is 4.74 Å². The molecule has 0 radical (unpaired) electrons. The normalized spacial score (nSPS) is 31.1. The maximum Gasteiger partial charge on any atom is 0.0587 e. The molecule has 3 unspecified atom stereocenters. The Hall–Kier alpha value is -0.0800. The molecule has 2 aliphatic carbocycles. The van der Waals surface area contributed by atoms with Gasteiger partial charge in [-0.05, 0) is 42.9 Å². The zero-order valence-corrected chi connectivity index (χ0v) is 14.5. The number of fused-ring (bicyclic) bond motifs is 2. The molecule has 0 aliphatic heterocycles. The van der Waals surface area contributed by atoms with E-state index in [2.05, 4.69) is 12.2 Å². The predicted octanol–water partition coefficient (Wildman–Crippen LogP) is 4.78. The van der Waals surface area contributed by atoms with Gasteiger partial charge in [-0.25, -0.2) is 0 Å². The van der Waals surface area contributed by atoms with Crippen LogP contribution in [-0.4, -0.2) is 26.8 Å². The van der Waals surface area contributed by atoms with Crippen LogP contribution in [0.3, 0.4) is 0 Å². The largest absolute Gasteiger partial charge is 0.383 e. The molecule has 2 aliphatic rings. The second kappa shape index (κ2) is 9.15. The number of rotatable bonds is 12. The highest BCUT2D eigenvalue weighted by Crippen LogP contribution is 2.57. The van der Waals surface area contributed by atoms with Gasteiger partial charge in [-0.3, -0.25) is 0 Å². The van der Waals surface area contributed by atoms with Crippen LogP contribution in [0.4, 0.5) is 0 Å². The second-order valence-electron chi connectivity index (χ2n) is 7.63. The van der Waals surface area contributed by atoms with Gasteiger partial charge in [-0.1, -0.05) is 51.9 Å². The van der Waals surface area contributed by atoms with Gasteiger partial charge in [-0.15, -0.1) is 0 Å². The van der Waals surface area contributed by atoms with Crippen molar-refractivity contribution in [3.8, 4) is 0 Å². The molecule has 1 N–H and O–H groups in total. The molecule has 0 heterocycles. The molecule has 0 saturated heterocycles. The van der Waals surface area contributed by atoms with Crippen LogP contribution in [0.1, 0.15) is 77.6 Å². The van der Waals surface area contributed by atoms with Crippen LogP contribution in [0.25, 0.3) is 0 Å². The smallest absolute Gasteiger partial charge is 0.0587 e. The van der Waals surface area contributed by atoms with Crippen LogP contribution in [0.15, 0.2) is 0 Å². The quantitative estimate of drug-likeness (QED) is 0.523. The molecule has 2 saturated carbocycles. The Morgan fingerprint density at radius 1 is 1.10 bits per heavy atom. The first kappa shape index (κ1) is 17.3. The highest BCUT2D eigenvalue weighted by molar-refractivity contribution is 5.01. The van der Waals surface area contributed by atoms with Crippen molar-refractivity contribution in [2.45, 2.75) is 77.6 Å². The van der Waals surface area contributed by atoms with Gasteiger partial charge in [0.2, 0.25) is 0 Å². The first-order valence-electron chi connectivity index (χ1n) is 9.50. The van der Waals surface area contributed by atoms with Gasteiger partial charge >= 0.3 is 0 Å². The number of unbranched alkanes of at least 4 members (excludes halogenated alkanes) is 5. The van der Waals surface area contributed by atoms with Crippen LogP contribution in [0, 0.1) is 17.3 Å². The standard InChI is InChI=1S/C19H37NO/c1-3-4-5-6-7-8-11-19(16-20-12-13-21-2)15-17-9-10-18(19)14-17/h17-18,20H,3-16H2,1-2H3. The van der Waals surface area contributed by atoms with E-state index >= 15 is 0 Å². The number of hydrogen-bond acceptors (Lipinski definition) is 2. The maximum atomic E-state index is 5.17. The van der Waals surface area contributed by atoms with Gasteiger partial charge in [0, 0.05) is 20.2 Å². The number of methoxy groups -OCH3 is 1. The van der Waals surface area contributed by atoms with Crippen LogP contribution >= 0.6 is 0 Å². The van der Waals surface area contributed by atoms with E-state index < -0.39 is 0 Å². The summed E-state index contributed by atoms with van der Waals surface area (Å²) in [7, 11) is 1.80. The highest BCUT2D eigenvalue weighted by Gasteiger charge is 2.49. The highest BCUT2D eigenvalue weighted by atomic mass is 16.5. The molecule has 0 spiro atoms. The van der Waals surface area contributed by atoms with Crippen molar-refractivity contribution < 1.29 is 4.74 Å². The summed E-state index contributed by atoms with van der Waals surface area (Å²) in [6.07, 6.45) is 16.1. The summed E-state index contributed by atoms with van der Waals surface area (Å²) in [6.45, 7) is 5.41. The van der Waals surface area contributed by atoms with E-state index in [1.165, 1.54) is 77.2 Å². The zero-order valence-electron chi connectivity index (χ0n) is 14.5. The minimum atomic E-state index is 0.640. The lowest BCUT2D eigenvalue weighted by atomic mass is 9.69. The predicted molar refractivity (Wildman–Crippen MR) is 90.6 cm³/mol. The van der Waals surface area contributed by atoms with E-state index in [-0.39, 0.29) is 0 Å². The molecule has 2 rings (SSSR count). The lowest BCUT2D eigenvalue weighted by molar-refractivity contribution is 0.130. The van der Waals surface area contributed by atoms with E-state index in [9.17, 15) is 0 Å². The SMILES string of the molecule is CCCCCCCCC1(CNCCOC)CC2CCC1C2. The van der Waals surface area contributed by atoms with Crippen molar-refractivity contribution in [1.82, 2.24) is 5.32 Å². The van der Waals surface area contributed by atoms with Crippen molar-refractivity contribution in [3.63, 3.8) is 0 Å². The first-order chi connectivity index (χ1) is 10.3. The van der Waals surface area contributed by atoms with E-state index in [0.717, 1.165) is 25.0 Å². The topological polar surface area (TPSA) is 21.3 Å². The molecule has 0 aromatic carbocycles. The van der Waals surface area contributed by atoms with Gasteiger partial charge in [-0.2, -0.15) is 0 Å². The summed E-state index contributed by atoms with van der Waals surface area (Å²) in [5, 5.41) is 3.69. The Kier molecular flexibility index (Phi) is 7.53. The third-order valence-corrected chi connectivity index (χ3v) is 6.09. The van der Waals surface area contributed by atoms with Gasteiger partial charge in [0.1, 0.15) is 0 Å². The minimum absolute atomic E-state index is 0.640. The molecule has 21 heavy (non-hydrogen) atoms. The molecule has 124 valence electrons. The van der Waals surface area contributed by atoms with E-state index in [0.29, 0.717) is 5.41 Å². The molecule has 0 amide bonds. The summed E-state index contributed by atoms with van der Waals surface area (Å²) in [5.41, 5.74) is 0.640. The van der Waals surface area contributed by atoms with Crippen molar-refractivity contribution in [3.05, 3.63) is 0 Å². The van der Waals surface area contributed by atoms with Gasteiger partial charge < -0.3 is 10.1 Å². The van der Waals surface area contributed by atoms with E-state index in [1.54, 1.807) is 7.11 Å². The Balaban J connectivity index is 1.71. The van der Waals surface area contributed by atoms with Gasteiger partial charge in [0.25, 0.3) is 0 Å². The van der Waals surface area contributed by atoms with E-state index in [1.807, 2.05) is 0 Å². The molecule has 2 heteroatoms. The average Bonchev–Trinajstić information content (AvgIpc) is 3.09. The monoisotopic (exact) mass is 295 g/mol. The Morgan fingerprint density at radius 2 is 1.90 bits per heavy atom. The number of ether oxygens (including phenoxy) is 1. The summed E-state index contributed by atoms with van der Waals surface area (Å²) in [4.78, 5) is 0. The van der Waals surface area contributed by atoms with Crippen molar-refractivity contribution in [1.29, 1.82) is 0 Å². The molecule has 2 bridgehead atoms. The Morgan fingerprint density at radius 3 is 2.57 bits per heavy atom. The summed E-state index contributed by atoms with van der Waals surface area (Å²) >= 11 is 0. The van der Waals surface area contributed by atoms with Crippen LogP contribution in [-0.2, 0) is 4.74 Å². The van der Waals surface area contributed by atoms with Gasteiger partial charge in [0.15, 0.2) is 0 Å². The Labute approximate surface area is 132 Å². The molecule has 0 aromatic heterocycles. The zero-order chi connectivity index (χ0) is 15.0. The molecule has 3 atom stereocenters. The third kappa shape index (κ3) is 4.96. The van der Waals surface area contributed by atoms with Crippen molar-refractivity contribution in [2.75, 3.05) is 26.8 Å². The lowest BCUT2D eigenvalue weighted by Crippen LogP contribution is -2.39. The molecular formula is C19H37NO. The van der Waals surface area contributed by atoms with Gasteiger partial charge in [0.05, 0.1) is 6.61 Å². The minimum Gasteiger partial charge on any atom is -0.383 e. The summed E-state index contributed by atoms with van der Waals surface area (Å²) in [5.74, 6) is 2.08. The lowest BCUT2D eigenvalue weighted by Gasteiger charge is -2.38. The third-order valence-electron chi connectivity index (χ3n) is 6.09. The summed E-state index contributed by atoms with van der Waals surface area (Å²) in [6, 6.07) is 0. The fourth-order valence-electron chi connectivity index (χ4n) is 4.94. The molecule has 0 aromatic rings. The molecule has 2 fully saturated rings. The fraction of sp³-hybridized carbons (Fsp3) is 1.00. The van der Waals surface area contributed by atoms with Crippen LogP contribution in [0.2, 0.25) is 0 Å².